The Bertz CT molecular complexity index is 515. The highest BCUT2D eigenvalue weighted by Crippen LogP contribution is 2.19. The molecule has 0 amide bonds. The molecule has 0 aromatic carbocycles. The Kier molecular flexibility index (Phi) is 3.49. The van der Waals surface area contributed by atoms with E-state index in [1.165, 1.54) is 0 Å². The van der Waals surface area contributed by atoms with Gasteiger partial charge in [-0.1, -0.05) is 11.6 Å². The Hall–Kier alpha value is -1.75. The summed E-state index contributed by atoms with van der Waals surface area (Å²) in [4.78, 5) is 8.37. The summed E-state index contributed by atoms with van der Waals surface area (Å²) in [7, 11) is 0. The van der Waals surface area contributed by atoms with Gasteiger partial charge in [-0.2, -0.15) is 10.2 Å². The van der Waals surface area contributed by atoms with Crippen LogP contribution in [0.5, 0.6) is 0 Å². The molecule has 17 heavy (non-hydrogen) atoms. The first-order chi connectivity index (χ1) is 8.16. The third-order valence-corrected chi connectivity index (χ3v) is 2.63. The number of hydrogen-bond acceptors (Lipinski definition) is 5. The quantitative estimate of drug-likeness (QED) is 0.845. The minimum absolute atomic E-state index is 0.471. The van der Waals surface area contributed by atoms with Crippen molar-refractivity contribution in [1.82, 2.24) is 20.2 Å². The summed E-state index contributed by atoms with van der Waals surface area (Å²) < 4.78 is 0. The number of nitrogens with zero attached hydrogens (tertiary/aromatic N) is 4. The normalized spacial score (nSPS) is 10.3. The molecule has 0 fully saturated rings. The molecule has 6 heteroatoms. The summed E-state index contributed by atoms with van der Waals surface area (Å²) >= 11 is 5.98. The van der Waals surface area contributed by atoms with Gasteiger partial charge in [0.15, 0.2) is 0 Å². The van der Waals surface area contributed by atoms with E-state index in [2.05, 4.69) is 25.5 Å². The molecule has 2 aromatic rings. The van der Waals surface area contributed by atoms with Crippen LogP contribution in [0.25, 0.3) is 0 Å². The van der Waals surface area contributed by atoms with Gasteiger partial charge in [0.05, 0.1) is 12.2 Å². The van der Waals surface area contributed by atoms with Crippen molar-refractivity contribution in [1.29, 1.82) is 0 Å². The van der Waals surface area contributed by atoms with Gasteiger partial charge in [0, 0.05) is 11.8 Å². The molecule has 5 nitrogen and oxygen atoms in total. The maximum atomic E-state index is 5.98. The van der Waals surface area contributed by atoms with Crippen LogP contribution in [0.3, 0.4) is 0 Å². The number of nitrogens with one attached hydrogen (secondary N) is 1. The Morgan fingerprint density at radius 3 is 2.82 bits per heavy atom. The van der Waals surface area contributed by atoms with Crippen LogP contribution in [-0.4, -0.2) is 20.2 Å². The summed E-state index contributed by atoms with van der Waals surface area (Å²) in [6.45, 7) is 4.24. The Balaban J connectivity index is 2.14. The monoisotopic (exact) mass is 249 g/mol. The van der Waals surface area contributed by atoms with Gasteiger partial charge in [-0.15, -0.1) is 0 Å². The van der Waals surface area contributed by atoms with Gasteiger partial charge in [0.2, 0.25) is 0 Å². The van der Waals surface area contributed by atoms with Gasteiger partial charge in [-0.3, -0.25) is 0 Å². The van der Waals surface area contributed by atoms with Crippen LogP contribution >= 0.6 is 11.6 Å². The molecule has 0 unspecified atom stereocenters. The minimum atomic E-state index is 0.471. The first kappa shape index (κ1) is 11.7. The fourth-order valence-electron chi connectivity index (χ4n) is 1.37. The molecule has 0 spiro atoms. The number of aromatic nitrogens is 4. The first-order valence-corrected chi connectivity index (χ1v) is 5.56. The molecule has 0 saturated carbocycles. The van der Waals surface area contributed by atoms with Crippen molar-refractivity contribution in [3.8, 4) is 0 Å². The molecule has 0 bridgehead atoms. The molecular formula is C11H12ClN5. The van der Waals surface area contributed by atoms with E-state index in [1.54, 1.807) is 13.1 Å². The maximum absolute atomic E-state index is 5.98. The zero-order valence-electron chi connectivity index (χ0n) is 9.61. The van der Waals surface area contributed by atoms with Crippen molar-refractivity contribution < 1.29 is 0 Å². The Morgan fingerprint density at radius 1 is 1.29 bits per heavy atom. The SMILES string of the molecule is Cc1nc(Cl)c(C)c(NCc2cccnn2)n1. The number of hydrogen-bond donors (Lipinski definition) is 1. The fourth-order valence-corrected chi connectivity index (χ4v) is 1.58. The summed E-state index contributed by atoms with van der Waals surface area (Å²) in [5, 5.41) is 11.4. The van der Waals surface area contributed by atoms with Crippen LogP contribution in [0, 0.1) is 13.8 Å². The van der Waals surface area contributed by atoms with Gasteiger partial charge in [-0.05, 0) is 26.0 Å². The van der Waals surface area contributed by atoms with Gasteiger partial charge >= 0.3 is 0 Å². The lowest BCUT2D eigenvalue weighted by Crippen LogP contribution is -2.07. The highest BCUT2D eigenvalue weighted by molar-refractivity contribution is 6.30. The molecule has 2 aromatic heterocycles. The van der Waals surface area contributed by atoms with Crippen LogP contribution < -0.4 is 5.32 Å². The Morgan fingerprint density at radius 2 is 2.12 bits per heavy atom. The van der Waals surface area contributed by atoms with Crippen LogP contribution in [0.4, 0.5) is 5.82 Å². The third kappa shape index (κ3) is 2.88. The molecule has 0 aliphatic carbocycles. The predicted octanol–water partition coefficient (Wildman–Crippen LogP) is 2.15. The number of rotatable bonds is 3. The summed E-state index contributed by atoms with van der Waals surface area (Å²) in [5.74, 6) is 1.37. The average molecular weight is 250 g/mol. The first-order valence-electron chi connectivity index (χ1n) is 5.18. The molecule has 88 valence electrons. The zero-order chi connectivity index (χ0) is 12.3. The smallest absolute Gasteiger partial charge is 0.137 e. The molecule has 0 aliphatic rings. The second kappa shape index (κ2) is 5.05. The minimum Gasteiger partial charge on any atom is -0.364 e. The standard InChI is InChI=1S/C11H12ClN5/c1-7-10(12)15-8(2)16-11(7)13-6-9-4-3-5-14-17-9/h3-5H,6H2,1-2H3,(H,13,15,16). The molecule has 0 atom stereocenters. The van der Waals surface area contributed by atoms with Crippen LogP contribution in [-0.2, 0) is 6.54 Å². The van der Waals surface area contributed by atoms with E-state index in [4.69, 9.17) is 11.6 Å². The lowest BCUT2D eigenvalue weighted by molar-refractivity contribution is 0.912. The van der Waals surface area contributed by atoms with E-state index in [0.717, 1.165) is 17.1 Å². The second-order valence-corrected chi connectivity index (χ2v) is 3.96. The molecule has 0 radical (unpaired) electrons. The third-order valence-electron chi connectivity index (χ3n) is 2.26. The van der Waals surface area contributed by atoms with Crippen molar-refractivity contribution in [2.75, 3.05) is 5.32 Å². The zero-order valence-corrected chi connectivity index (χ0v) is 10.4. The molecule has 2 heterocycles. The van der Waals surface area contributed by atoms with Gasteiger partial charge < -0.3 is 5.32 Å². The lowest BCUT2D eigenvalue weighted by Gasteiger charge is -2.09. The van der Waals surface area contributed by atoms with Gasteiger partial charge in [0.25, 0.3) is 0 Å². The highest BCUT2D eigenvalue weighted by Gasteiger charge is 2.07. The lowest BCUT2D eigenvalue weighted by atomic mass is 10.3. The van der Waals surface area contributed by atoms with Crippen LogP contribution in [0.15, 0.2) is 18.3 Å². The van der Waals surface area contributed by atoms with Crippen molar-refractivity contribution in [2.45, 2.75) is 20.4 Å². The van der Waals surface area contributed by atoms with Gasteiger partial charge in [-0.25, -0.2) is 9.97 Å². The molecular weight excluding hydrogens is 238 g/mol. The van der Waals surface area contributed by atoms with E-state index >= 15 is 0 Å². The number of halogens is 1. The van der Waals surface area contributed by atoms with Crippen LogP contribution in [0.2, 0.25) is 5.15 Å². The molecule has 2 rings (SSSR count). The fraction of sp³-hybridized carbons (Fsp3) is 0.273. The predicted molar refractivity (Wildman–Crippen MR) is 65.9 cm³/mol. The number of anilines is 1. The largest absolute Gasteiger partial charge is 0.364 e. The summed E-state index contributed by atoms with van der Waals surface area (Å²) in [6.07, 6.45) is 1.64. The van der Waals surface area contributed by atoms with E-state index in [-0.39, 0.29) is 0 Å². The summed E-state index contributed by atoms with van der Waals surface area (Å²) in [6, 6.07) is 3.74. The van der Waals surface area contributed by atoms with Gasteiger partial charge in [0.1, 0.15) is 16.8 Å². The molecule has 0 aliphatic heterocycles. The van der Waals surface area contributed by atoms with E-state index in [0.29, 0.717) is 17.5 Å². The van der Waals surface area contributed by atoms with E-state index < -0.39 is 0 Å². The van der Waals surface area contributed by atoms with Crippen molar-refractivity contribution in [3.05, 3.63) is 40.6 Å². The average Bonchev–Trinajstić information content (AvgIpc) is 2.33. The topological polar surface area (TPSA) is 63.6 Å². The second-order valence-electron chi connectivity index (χ2n) is 3.60. The maximum Gasteiger partial charge on any atom is 0.137 e. The van der Waals surface area contributed by atoms with Crippen molar-refractivity contribution in [2.24, 2.45) is 0 Å². The van der Waals surface area contributed by atoms with E-state index in [9.17, 15) is 0 Å². The van der Waals surface area contributed by atoms with Crippen molar-refractivity contribution in [3.63, 3.8) is 0 Å². The molecule has 1 N–H and O–H groups in total. The highest BCUT2D eigenvalue weighted by atomic mass is 35.5. The summed E-state index contributed by atoms with van der Waals surface area (Å²) in [5.41, 5.74) is 1.68. The molecule has 0 saturated heterocycles. The van der Waals surface area contributed by atoms with E-state index in [1.807, 2.05) is 19.1 Å². The van der Waals surface area contributed by atoms with Crippen molar-refractivity contribution >= 4 is 17.4 Å². The number of aryl methyl sites for hydroxylation is 1. The Labute approximate surface area is 104 Å². The van der Waals surface area contributed by atoms with Crippen LogP contribution in [0.1, 0.15) is 17.1 Å².